The number of benzene rings is 3. The first-order valence-electron chi connectivity index (χ1n) is 16.9. The van der Waals surface area contributed by atoms with Crippen molar-refractivity contribution in [3.63, 3.8) is 0 Å². The molecule has 3 aromatic carbocycles. The number of halogens is 2. The minimum absolute atomic E-state index is 0.750. The van der Waals surface area contributed by atoms with Crippen molar-refractivity contribution in [2.24, 2.45) is 0 Å². The van der Waals surface area contributed by atoms with Gasteiger partial charge < -0.3 is 0 Å². The van der Waals surface area contributed by atoms with Crippen molar-refractivity contribution in [2.45, 2.75) is 41.5 Å². The molecule has 0 N–H and O–H groups in total. The van der Waals surface area contributed by atoms with Crippen LogP contribution in [0.3, 0.4) is 0 Å². The van der Waals surface area contributed by atoms with Crippen LogP contribution in [0, 0.1) is 52.2 Å². The van der Waals surface area contributed by atoms with E-state index in [0.29, 0.717) is 0 Å². The third kappa shape index (κ3) is 2.74. The molecule has 49 heavy (non-hydrogen) atoms. The molecular formula is C42H33Cl2N4P. The molecule has 4 aromatic heterocycles. The van der Waals surface area contributed by atoms with E-state index >= 15 is 0 Å². The second kappa shape index (κ2) is 8.63. The zero-order valence-corrected chi connectivity index (χ0v) is 30.6. The molecule has 4 nitrogen and oxygen atoms in total. The van der Waals surface area contributed by atoms with E-state index in [1.807, 2.05) is 0 Å². The fourth-order valence-electron chi connectivity index (χ4n) is 10.5. The zero-order chi connectivity index (χ0) is 33.5. The Labute approximate surface area is 294 Å². The van der Waals surface area contributed by atoms with E-state index in [-0.39, 0.29) is 0 Å². The van der Waals surface area contributed by atoms with Gasteiger partial charge >= 0.3 is 295 Å². The Kier molecular flexibility index (Phi) is 5.00. The van der Waals surface area contributed by atoms with Gasteiger partial charge in [0.25, 0.3) is 0 Å². The first-order chi connectivity index (χ1) is 23.6. The minimum atomic E-state index is -3.92. The number of aromatic nitrogens is 4. The van der Waals surface area contributed by atoms with Gasteiger partial charge in [0.15, 0.2) is 0 Å². The monoisotopic (exact) mass is 694 g/mol. The fourth-order valence-corrected chi connectivity index (χ4v) is 18.4. The van der Waals surface area contributed by atoms with Gasteiger partial charge in [-0.25, -0.2) is 0 Å². The average Bonchev–Trinajstić information content (AvgIpc) is 3.87. The van der Waals surface area contributed by atoms with Crippen LogP contribution in [0.2, 0.25) is 10.0 Å². The topological polar surface area (TPSA) is 19.7 Å². The molecule has 4 aliphatic rings. The molecule has 1 spiro atoms. The molecule has 0 atom stereocenters. The molecule has 0 amide bonds. The Morgan fingerprint density at radius 3 is 1.71 bits per heavy atom. The summed E-state index contributed by atoms with van der Waals surface area (Å²) in [6.07, 6.45) is 0. The van der Waals surface area contributed by atoms with Crippen LogP contribution in [0.1, 0.15) is 55.9 Å². The molecule has 4 aliphatic heterocycles. The summed E-state index contributed by atoms with van der Waals surface area (Å²) in [5.74, 6) is 0. The second-order valence-corrected chi connectivity index (χ2v) is 19.3. The summed E-state index contributed by atoms with van der Waals surface area (Å²) in [4.78, 5) is 0. The van der Waals surface area contributed by atoms with Crippen LogP contribution in [-0.4, -0.2) is 17.4 Å². The number of hydrogen-bond acceptors (Lipinski definition) is 0. The molecule has 0 unspecified atom stereocenters. The summed E-state index contributed by atoms with van der Waals surface area (Å²) >= 11 is 15.2. The predicted octanol–water partition coefficient (Wildman–Crippen LogP) is 8.78. The number of fused-ring (bicyclic) bond motifs is 1. The molecule has 0 radical (unpaired) electrons. The first kappa shape index (κ1) is 28.4. The number of rotatable bonds is 3. The van der Waals surface area contributed by atoms with Crippen molar-refractivity contribution in [3.8, 4) is 11.4 Å². The Hall–Kier alpha value is -4.47. The molecule has 0 aliphatic carbocycles. The number of nitrogens with zero attached hydrogens (tertiary/aromatic N) is 4. The summed E-state index contributed by atoms with van der Waals surface area (Å²) in [6.45, 7) is 13.3. The van der Waals surface area contributed by atoms with Gasteiger partial charge in [-0.2, -0.15) is 0 Å². The van der Waals surface area contributed by atoms with E-state index in [1.54, 1.807) is 0 Å². The molecule has 240 valence electrons. The van der Waals surface area contributed by atoms with E-state index in [9.17, 15) is 0 Å². The molecule has 8 heterocycles. The third-order valence-electron chi connectivity index (χ3n) is 11.6. The quantitative estimate of drug-likeness (QED) is 0.165. The van der Waals surface area contributed by atoms with Gasteiger partial charge in [0.2, 0.25) is 0 Å². The zero-order valence-electron chi connectivity index (χ0n) is 28.2. The van der Waals surface area contributed by atoms with E-state index in [0.717, 1.165) is 37.7 Å². The van der Waals surface area contributed by atoms with Crippen LogP contribution < -0.4 is 16.0 Å². The van der Waals surface area contributed by atoms with Crippen LogP contribution >= 0.6 is 30.4 Å². The summed E-state index contributed by atoms with van der Waals surface area (Å²) in [7, 11) is -3.92. The van der Waals surface area contributed by atoms with Crippen molar-refractivity contribution in [3.05, 3.63) is 178 Å². The Morgan fingerprint density at radius 2 is 1.06 bits per heavy atom. The maximum absolute atomic E-state index is 7.59. The van der Waals surface area contributed by atoms with Crippen molar-refractivity contribution in [1.82, 2.24) is 17.4 Å². The number of aryl methyl sites for hydroxylation is 6. The fraction of sp³-hybridized carbons (Fsp3) is 0.143. The third-order valence-corrected chi connectivity index (χ3v) is 18.1. The summed E-state index contributed by atoms with van der Waals surface area (Å²) in [5, 5.41) is 7.33. The van der Waals surface area contributed by atoms with Crippen LogP contribution in [0.5, 0.6) is 0 Å². The molecule has 0 saturated carbocycles. The van der Waals surface area contributed by atoms with Crippen molar-refractivity contribution in [1.29, 1.82) is 0 Å². The second-order valence-electron chi connectivity index (χ2n) is 14.5. The van der Waals surface area contributed by atoms with Crippen molar-refractivity contribution < 1.29 is 0 Å². The summed E-state index contributed by atoms with van der Waals surface area (Å²) in [6, 6.07) is 34.2. The van der Waals surface area contributed by atoms with Crippen LogP contribution in [0.4, 0.5) is 0 Å². The normalized spacial score (nSPS) is 16.9. The van der Waals surface area contributed by atoms with Crippen LogP contribution in [0.25, 0.3) is 22.5 Å². The van der Waals surface area contributed by atoms with Gasteiger partial charge in [-0.1, -0.05) is 0 Å². The Balaban J connectivity index is 1.51. The standard InChI is InChI=1S/C42H33Cl2N4P/c1-22-16-24(3)37(25(4)17-22)39-33-14-12-31-35-20-29(43)41-40(38-26(5)18-23(2)19-27(38)6)42-30(44)21-36-32-13-15-34(39)46(32)49(45(31)33,47(35)41,48(36)42)28-10-8-7-9-11-28/h7-21H,1-6H3. The Bertz CT molecular complexity index is 2940. The maximum atomic E-state index is 7.59. The molecule has 7 heteroatoms. The number of hydrogen-bond donors (Lipinski definition) is 0. The molecule has 11 rings (SSSR count). The average molecular weight is 696 g/mol. The van der Waals surface area contributed by atoms with E-state index in [2.05, 4.69) is 150 Å². The predicted molar refractivity (Wildman–Crippen MR) is 203 cm³/mol. The molecule has 0 saturated heterocycles. The van der Waals surface area contributed by atoms with E-state index in [1.165, 1.54) is 77.5 Å². The molecule has 7 aromatic rings. The van der Waals surface area contributed by atoms with Gasteiger partial charge in [-0.3, -0.25) is 0 Å². The van der Waals surface area contributed by atoms with Gasteiger partial charge in [0, 0.05) is 0 Å². The van der Waals surface area contributed by atoms with E-state index in [4.69, 9.17) is 23.2 Å². The van der Waals surface area contributed by atoms with Crippen molar-refractivity contribution >= 4 is 46.9 Å². The Morgan fingerprint density at radius 1 is 0.469 bits per heavy atom. The van der Waals surface area contributed by atoms with Crippen LogP contribution in [0.15, 0.2) is 91.0 Å². The van der Waals surface area contributed by atoms with E-state index < -0.39 is 7.21 Å². The summed E-state index contributed by atoms with van der Waals surface area (Å²) in [5.41, 5.74) is 17.0. The SMILES string of the molecule is Cc1cc(C)c(C2=c3ccc4n3P35(c6ccccc6)n6c2ccc6-c2cc(Cl)c(n23)C(c2c(C)cc(C)cc2C)=c2c(Cl)cc=4n25)c(C)c1. The molecule has 0 bridgehead atoms. The van der Waals surface area contributed by atoms with Crippen LogP contribution in [-0.2, 0) is 0 Å². The van der Waals surface area contributed by atoms with Gasteiger partial charge in [0.05, 0.1) is 0 Å². The summed E-state index contributed by atoms with van der Waals surface area (Å²) < 4.78 is 10.8. The van der Waals surface area contributed by atoms with Gasteiger partial charge in [-0.15, -0.1) is 0 Å². The van der Waals surface area contributed by atoms with Gasteiger partial charge in [-0.05, 0) is 0 Å². The molecular weight excluding hydrogens is 662 g/mol. The van der Waals surface area contributed by atoms with Crippen molar-refractivity contribution in [2.75, 3.05) is 0 Å². The molecule has 0 fully saturated rings. The first-order valence-corrected chi connectivity index (χ1v) is 19.7. The van der Waals surface area contributed by atoms with Gasteiger partial charge in [0.1, 0.15) is 0 Å².